The van der Waals surface area contributed by atoms with Crippen LogP contribution < -0.4 is 16.1 Å². The van der Waals surface area contributed by atoms with Crippen molar-refractivity contribution < 1.29 is 0 Å². The van der Waals surface area contributed by atoms with Gasteiger partial charge in [-0.25, -0.2) is 0 Å². The number of amidine groups is 1. The van der Waals surface area contributed by atoms with Gasteiger partial charge in [0.25, 0.3) is 0 Å². The second kappa shape index (κ2) is 5.90. The van der Waals surface area contributed by atoms with Crippen molar-refractivity contribution >= 4 is 17.6 Å². The Balaban J connectivity index is 1.75. The molecule has 0 bridgehead atoms. The van der Waals surface area contributed by atoms with E-state index in [0.717, 1.165) is 11.3 Å². The van der Waals surface area contributed by atoms with Crippen LogP contribution in [-0.4, -0.2) is 5.84 Å². The van der Waals surface area contributed by atoms with Gasteiger partial charge in [0.15, 0.2) is 5.84 Å². The predicted molar refractivity (Wildman–Crippen MR) is 82.8 cm³/mol. The third-order valence-corrected chi connectivity index (χ3v) is 2.95. The van der Waals surface area contributed by atoms with E-state index in [-0.39, 0.29) is 0 Å². The molecule has 1 aliphatic heterocycles. The molecule has 0 saturated heterocycles. The first-order valence-corrected chi connectivity index (χ1v) is 6.49. The van der Waals surface area contributed by atoms with E-state index in [1.165, 1.54) is 0 Å². The predicted octanol–water partition coefficient (Wildman–Crippen LogP) is 2.41. The van der Waals surface area contributed by atoms with Crippen molar-refractivity contribution in [3.8, 4) is 6.07 Å². The molecule has 0 aliphatic carbocycles. The van der Waals surface area contributed by atoms with E-state index in [2.05, 4.69) is 22.1 Å². The number of rotatable bonds is 3. The van der Waals surface area contributed by atoms with Gasteiger partial charge in [-0.1, -0.05) is 42.5 Å². The Morgan fingerprint density at radius 1 is 1.05 bits per heavy atom. The van der Waals surface area contributed by atoms with Crippen LogP contribution in [0.5, 0.6) is 0 Å². The van der Waals surface area contributed by atoms with Gasteiger partial charge in [-0.15, -0.1) is 10.6 Å². The summed E-state index contributed by atoms with van der Waals surface area (Å²) in [6.07, 6.45) is 3.86. The average molecular weight is 275 g/mol. The van der Waals surface area contributed by atoms with Crippen molar-refractivity contribution in [1.82, 2.24) is 11.0 Å². The zero-order valence-corrected chi connectivity index (χ0v) is 11.2. The Bertz CT molecular complexity index is 728. The van der Waals surface area contributed by atoms with Gasteiger partial charge in [0.1, 0.15) is 0 Å². The van der Waals surface area contributed by atoms with Gasteiger partial charge < -0.3 is 0 Å². The SMILES string of the molecule is N#Cc1cccc(N2N=C(/C=C/c3ccccc3)NN2)c1. The maximum atomic E-state index is 8.92. The molecule has 0 radical (unpaired) electrons. The number of hydrazine groups is 2. The summed E-state index contributed by atoms with van der Waals surface area (Å²) in [6.45, 7) is 0. The standard InChI is InChI=1S/C16H13N5/c17-12-14-7-4-8-15(11-14)21-19-16(18-20-21)10-9-13-5-2-1-3-6-13/h1-11,20H,(H,18,19)/b10-9+. The molecule has 102 valence electrons. The average Bonchev–Trinajstić information content (AvgIpc) is 3.03. The van der Waals surface area contributed by atoms with E-state index in [4.69, 9.17) is 5.26 Å². The molecule has 21 heavy (non-hydrogen) atoms. The maximum absolute atomic E-state index is 8.92. The lowest BCUT2D eigenvalue weighted by Gasteiger charge is -2.12. The molecule has 0 fully saturated rings. The van der Waals surface area contributed by atoms with Crippen LogP contribution in [0, 0.1) is 11.3 Å². The minimum absolute atomic E-state index is 0.595. The molecule has 2 aromatic carbocycles. The number of nitrogens with one attached hydrogen (secondary N) is 2. The summed E-state index contributed by atoms with van der Waals surface area (Å²) in [5.74, 6) is 0.696. The molecule has 5 heteroatoms. The summed E-state index contributed by atoms with van der Waals surface area (Å²) in [6, 6.07) is 19.3. The fraction of sp³-hybridized carbons (Fsp3) is 0. The topological polar surface area (TPSA) is 63.5 Å². The Kier molecular flexibility index (Phi) is 3.63. The molecular formula is C16H13N5. The largest absolute Gasteiger partial charge is 0.285 e. The molecule has 1 aliphatic rings. The van der Waals surface area contributed by atoms with Crippen LogP contribution in [-0.2, 0) is 0 Å². The third-order valence-electron chi connectivity index (χ3n) is 2.95. The molecule has 0 unspecified atom stereocenters. The fourth-order valence-electron chi connectivity index (χ4n) is 1.91. The molecule has 2 aromatic rings. The van der Waals surface area contributed by atoms with Gasteiger partial charge in [-0.05, 0) is 29.8 Å². The van der Waals surface area contributed by atoms with Gasteiger partial charge in [0.2, 0.25) is 0 Å². The second-order valence-corrected chi connectivity index (χ2v) is 4.44. The number of hydrogen-bond donors (Lipinski definition) is 2. The number of nitrogens with zero attached hydrogens (tertiary/aromatic N) is 3. The maximum Gasteiger partial charge on any atom is 0.163 e. The summed E-state index contributed by atoms with van der Waals surface area (Å²) in [5.41, 5.74) is 8.39. The van der Waals surface area contributed by atoms with Crippen molar-refractivity contribution in [3.05, 3.63) is 71.8 Å². The van der Waals surface area contributed by atoms with Crippen molar-refractivity contribution in [2.24, 2.45) is 5.10 Å². The summed E-state index contributed by atoms with van der Waals surface area (Å²) >= 11 is 0. The molecule has 5 nitrogen and oxygen atoms in total. The lowest BCUT2D eigenvalue weighted by molar-refractivity contribution is 0.664. The highest BCUT2D eigenvalue weighted by Crippen LogP contribution is 2.15. The summed E-state index contributed by atoms with van der Waals surface area (Å²) in [7, 11) is 0. The lowest BCUT2D eigenvalue weighted by Crippen LogP contribution is -2.38. The van der Waals surface area contributed by atoms with Crippen LogP contribution in [0.4, 0.5) is 5.69 Å². The second-order valence-electron chi connectivity index (χ2n) is 4.44. The van der Waals surface area contributed by atoms with E-state index in [0.29, 0.717) is 11.4 Å². The molecule has 0 amide bonds. The molecule has 0 aromatic heterocycles. The van der Waals surface area contributed by atoms with E-state index in [1.54, 1.807) is 17.3 Å². The highest BCUT2D eigenvalue weighted by molar-refractivity contribution is 5.97. The van der Waals surface area contributed by atoms with Crippen LogP contribution in [0.1, 0.15) is 11.1 Å². The zero-order valence-electron chi connectivity index (χ0n) is 11.2. The number of anilines is 1. The lowest BCUT2D eigenvalue weighted by atomic mass is 10.2. The Hall–Kier alpha value is -3.10. The van der Waals surface area contributed by atoms with E-state index in [9.17, 15) is 0 Å². The number of benzene rings is 2. The van der Waals surface area contributed by atoms with Gasteiger partial charge in [0.05, 0.1) is 17.3 Å². The quantitative estimate of drug-likeness (QED) is 0.903. The molecular weight excluding hydrogens is 262 g/mol. The normalized spacial score (nSPS) is 13.9. The first kappa shape index (κ1) is 12.9. The van der Waals surface area contributed by atoms with Gasteiger partial charge in [0, 0.05) is 0 Å². The van der Waals surface area contributed by atoms with Crippen LogP contribution in [0.25, 0.3) is 6.08 Å². The summed E-state index contributed by atoms with van der Waals surface area (Å²) in [4.78, 5) is 0. The molecule has 3 rings (SSSR count). The number of hydrazone groups is 1. The fourth-order valence-corrected chi connectivity index (χ4v) is 1.91. The van der Waals surface area contributed by atoms with Crippen LogP contribution in [0.15, 0.2) is 65.8 Å². The first-order valence-electron chi connectivity index (χ1n) is 6.49. The van der Waals surface area contributed by atoms with Crippen LogP contribution in [0.2, 0.25) is 0 Å². The first-order chi connectivity index (χ1) is 10.3. The molecule has 0 spiro atoms. The van der Waals surface area contributed by atoms with E-state index in [1.807, 2.05) is 54.6 Å². The Morgan fingerprint density at radius 3 is 2.71 bits per heavy atom. The van der Waals surface area contributed by atoms with Crippen molar-refractivity contribution in [3.63, 3.8) is 0 Å². The highest BCUT2D eigenvalue weighted by Gasteiger charge is 2.12. The smallest absolute Gasteiger partial charge is 0.163 e. The Morgan fingerprint density at radius 2 is 1.90 bits per heavy atom. The minimum atomic E-state index is 0.595. The van der Waals surface area contributed by atoms with Gasteiger partial charge in [-0.3, -0.25) is 5.43 Å². The molecule has 1 heterocycles. The molecule has 0 atom stereocenters. The van der Waals surface area contributed by atoms with Crippen molar-refractivity contribution in [1.29, 1.82) is 5.26 Å². The number of nitriles is 1. The van der Waals surface area contributed by atoms with E-state index < -0.39 is 0 Å². The third kappa shape index (κ3) is 3.08. The molecule has 2 N–H and O–H groups in total. The van der Waals surface area contributed by atoms with Crippen molar-refractivity contribution in [2.75, 3.05) is 5.12 Å². The monoisotopic (exact) mass is 275 g/mol. The van der Waals surface area contributed by atoms with Crippen LogP contribution >= 0.6 is 0 Å². The van der Waals surface area contributed by atoms with Gasteiger partial charge >= 0.3 is 0 Å². The van der Waals surface area contributed by atoms with Crippen molar-refractivity contribution in [2.45, 2.75) is 0 Å². The Labute approximate surface area is 122 Å². The summed E-state index contributed by atoms with van der Waals surface area (Å²) < 4.78 is 0. The highest BCUT2D eigenvalue weighted by atomic mass is 15.9. The zero-order chi connectivity index (χ0) is 14.5. The minimum Gasteiger partial charge on any atom is -0.285 e. The van der Waals surface area contributed by atoms with Gasteiger partial charge in [-0.2, -0.15) is 10.4 Å². The number of hydrogen-bond acceptors (Lipinski definition) is 5. The molecule has 0 saturated carbocycles. The van der Waals surface area contributed by atoms with E-state index >= 15 is 0 Å². The van der Waals surface area contributed by atoms with Crippen LogP contribution in [0.3, 0.4) is 0 Å². The summed E-state index contributed by atoms with van der Waals surface area (Å²) in [5, 5.41) is 14.9.